The fourth-order valence-electron chi connectivity index (χ4n) is 3.99. The number of anilines is 1. The molecule has 2 aromatic rings. The van der Waals surface area contributed by atoms with Crippen LogP contribution in [0, 0.1) is 5.92 Å². The largest absolute Gasteiger partial charge is 0.383 e. The summed E-state index contributed by atoms with van der Waals surface area (Å²) in [7, 11) is 1.55. The molecule has 8 nitrogen and oxygen atoms in total. The molecule has 0 saturated carbocycles. The maximum atomic E-state index is 12.6. The maximum absolute atomic E-state index is 12.6. The average molecular weight is 392 g/mol. The summed E-state index contributed by atoms with van der Waals surface area (Å²) in [4.78, 5) is 28.2. The van der Waals surface area contributed by atoms with Gasteiger partial charge >= 0.3 is 6.03 Å². The van der Waals surface area contributed by atoms with Gasteiger partial charge in [0.2, 0.25) is 0 Å². The topological polar surface area (TPSA) is 90.6 Å². The zero-order valence-corrected chi connectivity index (χ0v) is 15.8. The van der Waals surface area contributed by atoms with Crippen molar-refractivity contribution in [2.75, 3.05) is 38.3 Å². The van der Waals surface area contributed by atoms with E-state index in [0.717, 1.165) is 42.5 Å². The minimum Gasteiger partial charge on any atom is -0.383 e. The molecule has 4 rings (SSSR count). The zero-order valence-electron chi connectivity index (χ0n) is 15.1. The number of nitrogens with one attached hydrogen (secondary N) is 2. The van der Waals surface area contributed by atoms with E-state index in [-0.39, 0.29) is 24.4 Å². The molecule has 0 radical (unpaired) electrons. The Kier molecular flexibility index (Phi) is 4.92. The number of aromatic nitrogens is 2. The number of carbonyl (C=O) groups is 2. The summed E-state index contributed by atoms with van der Waals surface area (Å²) >= 11 is 6.24. The van der Waals surface area contributed by atoms with Crippen molar-refractivity contribution in [2.45, 2.75) is 18.9 Å². The number of benzene rings is 1. The molecule has 0 bridgehead atoms. The van der Waals surface area contributed by atoms with E-state index >= 15 is 0 Å². The molecule has 0 spiro atoms. The Balaban J connectivity index is 1.44. The van der Waals surface area contributed by atoms with Gasteiger partial charge in [0.15, 0.2) is 0 Å². The smallest absolute Gasteiger partial charge is 0.324 e. The van der Waals surface area contributed by atoms with Gasteiger partial charge in [-0.05, 0) is 30.9 Å². The van der Waals surface area contributed by atoms with E-state index in [1.54, 1.807) is 7.11 Å². The number of hydrogen-bond donors (Lipinski definition) is 2. The Bertz CT molecular complexity index is 862. The second-order valence-electron chi connectivity index (χ2n) is 6.99. The number of fused-ring (bicyclic) bond motifs is 1. The van der Waals surface area contributed by atoms with Crippen LogP contribution in [0.4, 0.5) is 10.5 Å². The highest BCUT2D eigenvalue weighted by atomic mass is 35.5. The number of rotatable bonds is 5. The second-order valence-corrected chi connectivity index (χ2v) is 7.43. The number of urea groups is 1. The number of nitrogens with zero attached hydrogens (tertiary/aromatic N) is 3. The normalized spacial score (nSPS) is 21.3. The average Bonchev–Trinajstić information content (AvgIpc) is 3.24. The molecule has 2 fully saturated rings. The number of amides is 3. The highest BCUT2D eigenvalue weighted by Crippen LogP contribution is 2.33. The number of carbonyl (C=O) groups excluding carboxylic acids is 2. The van der Waals surface area contributed by atoms with Gasteiger partial charge in [0.25, 0.3) is 5.91 Å². The quantitative estimate of drug-likeness (QED) is 0.761. The summed E-state index contributed by atoms with van der Waals surface area (Å²) in [6.45, 7) is 2.23. The van der Waals surface area contributed by atoms with Crippen molar-refractivity contribution in [1.29, 1.82) is 0 Å². The fourth-order valence-corrected chi connectivity index (χ4v) is 4.20. The molecule has 3 amide bonds. The molecule has 1 atom stereocenters. The van der Waals surface area contributed by atoms with Crippen molar-refractivity contribution in [2.24, 2.45) is 5.92 Å². The van der Waals surface area contributed by atoms with E-state index in [1.807, 2.05) is 18.3 Å². The van der Waals surface area contributed by atoms with Crippen LogP contribution in [0.25, 0.3) is 10.9 Å². The third kappa shape index (κ3) is 3.35. The number of imide groups is 1. The highest BCUT2D eigenvalue weighted by Gasteiger charge is 2.43. The van der Waals surface area contributed by atoms with Crippen molar-refractivity contribution in [1.82, 2.24) is 20.4 Å². The lowest BCUT2D eigenvalue weighted by Gasteiger charge is -2.35. The molecular weight excluding hydrogens is 370 g/mol. The molecule has 0 aliphatic carbocycles. The van der Waals surface area contributed by atoms with Gasteiger partial charge in [-0.25, -0.2) is 4.79 Å². The van der Waals surface area contributed by atoms with Gasteiger partial charge in [-0.2, -0.15) is 5.10 Å². The molecule has 1 aromatic heterocycles. The predicted octanol–water partition coefficient (Wildman–Crippen LogP) is 2.00. The van der Waals surface area contributed by atoms with Crippen LogP contribution in [-0.4, -0.2) is 66.4 Å². The monoisotopic (exact) mass is 391 g/mol. The number of aromatic amines is 1. The molecule has 2 aliphatic rings. The predicted molar refractivity (Wildman–Crippen MR) is 102 cm³/mol. The lowest BCUT2D eigenvalue weighted by Crippen LogP contribution is -2.44. The lowest BCUT2D eigenvalue weighted by molar-refractivity contribution is -0.129. The van der Waals surface area contributed by atoms with Gasteiger partial charge in [-0.15, -0.1) is 0 Å². The summed E-state index contributed by atoms with van der Waals surface area (Å²) in [5.41, 5.74) is 1.96. The third-order valence-electron chi connectivity index (χ3n) is 5.43. The molecule has 144 valence electrons. The first-order valence-corrected chi connectivity index (χ1v) is 9.44. The van der Waals surface area contributed by atoms with Crippen LogP contribution in [-0.2, 0) is 9.53 Å². The Morgan fingerprint density at radius 2 is 2.07 bits per heavy atom. The van der Waals surface area contributed by atoms with Crippen LogP contribution < -0.4 is 10.2 Å². The van der Waals surface area contributed by atoms with Gasteiger partial charge in [0, 0.05) is 36.3 Å². The zero-order chi connectivity index (χ0) is 19.0. The standard InChI is InChI=1S/C18H22ClN5O3/c1-27-7-6-24-17(25)16(21-18(24)26)11-2-4-23(5-3-11)15-9-12(19)8-14-13(15)10-20-22-14/h8-11,16H,2-7H2,1H3,(H,20,22)(H,21,26). The van der Waals surface area contributed by atoms with Gasteiger partial charge in [-0.1, -0.05) is 11.6 Å². The van der Waals surface area contributed by atoms with E-state index in [4.69, 9.17) is 16.3 Å². The Hall–Kier alpha value is -2.32. The van der Waals surface area contributed by atoms with Crippen LogP contribution in [0.1, 0.15) is 12.8 Å². The molecule has 2 saturated heterocycles. The first-order valence-electron chi connectivity index (χ1n) is 9.07. The minimum absolute atomic E-state index is 0.129. The molecule has 2 aliphatic heterocycles. The van der Waals surface area contributed by atoms with Crippen LogP contribution in [0.5, 0.6) is 0 Å². The van der Waals surface area contributed by atoms with Crippen LogP contribution in [0.2, 0.25) is 5.02 Å². The van der Waals surface area contributed by atoms with E-state index in [0.29, 0.717) is 11.6 Å². The summed E-state index contributed by atoms with van der Waals surface area (Å²) in [6, 6.07) is 3.06. The number of halogens is 1. The summed E-state index contributed by atoms with van der Waals surface area (Å²) in [5.74, 6) is -0.0141. The molecule has 1 unspecified atom stereocenters. The summed E-state index contributed by atoms with van der Waals surface area (Å²) < 4.78 is 4.98. The van der Waals surface area contributed by atoms with Gasteiger partial charge < -0.3 is 15.0 Å². The Labute approximate surface area is 161 Å². The van der Waals surface area contributed by atoms with E-state index in [2.05, 4.69) is 20.4 Å². The number of H-pyrrole nitrogens is 1. The van der Waals surface area contributed by atoms with Crippen molar-refractivity contribution >= 4 is 40.1 Å². The third-order valence-corrected chi connectivity index (χ3v) is 5.65. The summed E-state index contributed by atoms with van der Waals surface area (Å²) in [6.07, 6.45) is 3.45. The number of ether oxygens (including phenoxy) is 1. The Morgan fingerprint density at radius 1 is 1.30 bits per heavy atom. The maximum Gasteiger partial charge on any atom is 0.324 e. The van der Waals surface area contributed by atoms with Crippen molar-refractivity contribution in [3.63, 3.8) is 0 Å². The first-order chi connectivity index (χ1) is 13.1. The molecule has 9 heteroatoms. The molecule has 1 aromatic carbocycles. The minimum atomic E-state index is -0.440. The molecule has 2 N–H and O–H groups in total. The number of hydrogen-bond acceptors (Lipinski definition) is 5. The lowest BCUT2D eigenvalue weighted by atomic mass is 9.89. The van der Waals surface area contributed by atoms with E-state index < -0.39 is 6.04 Å². The highest BCUT2D eigenvalue weighted by molar-refractivity contribution is 6.31. The SMILES string of the molecule is COCCN1C(=O)NC(C2CCN(c3cc(Cl)cc4[nH]ncc34)CC2)C1=O. The van der Waals surface area contributed by atoms with Crippen LogP contribution in [0.15, 0.2) is 18.3 Å². The van der Waals surface area contributed by atoms with Crippen molar-refractivity contribution in [3.8, 4) is 0 Å². The van der Waals surface area contributed by atoms with Gasteiger partial charge in [-0.3, -0.25) is 14.8 Å². The number of methoxy groups -OCH3 is 1. The van der Waals surface area contributed by atoms with E-state index in [9.17, 15) is 9.59 Å². The second kappa shape index (κ2) is 7.36. The van der Waals surface area contributed by atoms with Crippen LogP contribution >= 0.6 is 11.6 Å². The molecular formula is C18H22ClN5O3. The molecule has 27 heavy (non-hydrogen) atoms. The van der Waals surface area contributed by atoms with Gasteiger partial charge in [0.1, 0.15) is 6.04 Å². The fraction of sp³-hybridized carbons (Fsp3) is 0.500. The van der Waals surface area contributed by atoms with Gasteiger partial charge in [0.05, 0.1) is 24.9 Å². The van der Waals surface area contributed by atoms with Crippen LogP contribution in [0.3, 0.4) is 0 Å². The van der Waals surface area contributed by atoms with Crippen molar-refractivity contribution < 1.29 is 14.3 Å². The first kappa shape index (κ1) is 18.1. The van der Waals surface area contributed by atoms with Crippen molar-refractivity contribution in [3.05, 3.63) is 23.4 Å². The molecule has 3 heterocycles. The Morgan fingerprint density at radius 3 is 2.81 bits per heavy atom. The van der Waals surface area contributed by atoms with E-state index in [1.165, 1.54) is 4.90 Å². The number of piperidine rings is 1. The summed E-state index contributed by atoms with van der Waals surface area (Å²) in [5, 5.41) is 11.6.